The molecule has 0 rings (SSSR count). The lowest BCUT2D eigenvalue weighted by Crippen LogP contribution is -2.61. The molecule has 0 fully saturated rings. The van der Waals surface area contributed by atoms with Crippen molar-refractivity contribution in [2.45, 2.75) is 22.4 Å². The van der Waals surface area contributed by atoms with Crippen LogP contribution < -0.4 is 0 Å². The molecule has 0 heterocycles. The molecule has 0 aromatic carbocycles. The Kier molecular flexibility index (Phi) is 3.83. The fourth-order valence-electron chi connectivity index (χ4n) is 0.507. The van der Waals surface area contributed by atoms with Crippen LogP contribution in [0.5, 0.6) is 0 Å². The normalized spacial score (nSPS) is 18.8. The number of hydrogen-bond donors (Lipinski definition) is 1. The highest BCUT2D eigenvalue weighted by molar-refractivity contribution is 6.33. The van der Waals surface area contributed by atoms with Crippen LogP contribution in [0.1, 0.15) is 0 Å². The number of hydrogen-bond acceptors (Lipinski definition) is 1. The summed E-state index contributed by atoms with van der Waals surface area (Å²) in [7, 11) is 0. The molecule has 15 heavy (non-hydrogen) atoms. The van der Waals surface area contributed by atoms with Gasteiger partial charge in [-0.2, -0.15) is 26.3 Å². The van der Waals surface area contributed by atoms with Crippen LogP contribution in [0.25, 0.3) is 0 Å². The van der Waals surface area contributed by atoms with Crippen molar-refractivity contribution < 1.29 is 35.8 Å². The average Bonchev–Trinajstić information content (AvgIpc) is 2.01. The zero-order chi connectivity index (χ0) is 12.7. The SMILES string of the molecule is OCC(F)(F)C(F)(F)C(F)(Cl)C(F)(F)Cl. The Labute approximate surface area is 88.8 Å². The number of rotatable bonds is 4. The zero-order valence-electron chi connectivity index (χ0n) is 6.56. The molecule has 1 N–H and O–H groups in total. The Balaban J connectivity index is 5.38. The van der Waals surface area contributed by atoms with Crippen LogP contribution in [-0.4, -0.2) is 34.1 Å². The van der Waals surface area contributed by atoms with Gasteiger partial charge in [0, 0.05) is 0 Å². The number of halogens is 9. The molecule has 0 aliphatic carbocycles. The molecule has 0 aliphatic heterocycles. The highest BCUT2D eigenvalue weighted by Gasteiger charge is 2.78. The quantitative estimate of drug-likeness (QED) is 0.621. The molecule has 0 aromatic heterocycles. The zero-order valence-corrected chi connectivity index (χ0v) is 8.07. The second kappa shape index (κ2) is 3.81. The molecule has 0 radical (unpaired) electrons. The van der Waals surface area contributed by atoms with E-state index in [1.807, 2.05) is 0 Å². The maximum Gasteiger partial charge on any atom is 0.375 e. The molecule has 0 saturated carbocycles. The molecule has 0 aliphatic rings. The monoisotopic (exact) mass is 282 g/mol. The van der Waals surface area contributed by atoms with Crippen molar-refractivity contribution in [3.05, 3.63) is 0 Å². The van der Waals surface area contributed by atoms with Crippen LogP contribution in [0, 0.1) is 0 Å². The van der Waals surface area contributed by atoms with Crippen molar-refractivity contribution in [1.82, 2.24) is 0 Å². The minimum absolute atomic E-state index is 2.56. The van der Waals surface area contributed by atoms with Gasteiger partial charge in [0.1, 0.15) is 6.61 Å². The molecule has 0 saturated heterocycles. The Morgan fingerprint density at radius 2 is 1.20 bits per heavy atom. The third-order valence-corrected chi connectivity index (χ3v) is 2.24. The number of aliphatic hydroxyl groups is 1. The Morgan fingerprint density at radius 3 is 1.40 bits per heavy atom. The summed E-state index contributed by atoms with van der Waals surface area (Å²) >= 11 is 7.81. The number of alkyl halides is 9. The van der Waals surface area contributed by atoms with E-state index in [0.717, 1.165) is 0 Å². The van der Waals surface area contributed by atoms with Crippen LogP contribution in [0.4, 0.5) is 30.7 Å². The molecule has 0 aromatic rings. The first-order chi connectivity index (χ1) is 6.31. The highest BCUT2D eigenvalue weighted by Crippen LogP contribution is 2.55. The van der Waals surface area contributed by atoms with Gasteiger partial charge in [0.05, 0.1) is 0 Å². The Hall–Kier alpha value is 0.0500. The summed E-state index contributed by atoms with van der Waals surface area (Å²) in [6, 6.07) is 0. The maximum atomic E-state index is 12.6. The van der Waals surface area contributed by atoms with Crippen molar-refractivity contribution in [2.75, 3.05) is 6.61 Å². The lowest BCUT2D eigenvalue weighted by Gasteiger charge is -2.34. The lowest BCUT2D eigenvalue weighted by molar-refractivity contribution is -0.287. The van der Waals surface area contributed by atoms with E-state index in [2.05, 4.69) is 23.2 Å². The molecule has 0 spiro atoms. The third kappa shape index (κ3) is 2.26. The van der Waals surface area contributed by atoms with Gasteiger partial charge in [-0.3, -0.25) is 0 Å². The van der Waals surface area contributed by atoms with Crippen molar-refractivity contribution in [3.8, 4) is 0 Å². The van der Waals surface area contributed by atoms with Gasteiger partial charge in [-0.25, -0.2) is 4.39 Å². The highest BCUT2D eigenvalue weighted by atomic mass is 35.5. The summed E-state index contributed by atoms with van der Waals surface area (Å²) in [5.74, 6) is -11.5. The summed E-state index contributed by atoms with van der Waals surface area (Å²) in [5, 5.41) is -3.14. The largest absolute Gasteiger partial charge is 0.390 e. The Morgan fingerprint density at radius 1 is 0.867 bits per heavy atom. The van der Waals surface area contributed by atoms with Crippen LogP contribution in [0.3, 0.4) is 0 Å². The van der Waals surface area contributed by atoms with E-state index in [-0.39, 0.29) is 0 Å². The van der Waals surface area contributed by atoms with Crippen LogP contribution in [0.15, 0.2) is 0 Å². The molecular weight excluding hydrogens is 280 g/mol. The maximum absolute atomic E-state index is 12.6. The van der Waals surface area contributed by atoms with E-state index < -0.39 is 29.0 Å². The summed E-state index contributed by atoms with van der Waals surface area (Å²) in [6.45, 7) is -2.56. The summed E-state index contributed by atoms with van der Waals surface area (Å²) in [5.41, 5.74) is 0. The van der Waals surface area contributed by atoms with Crippen LogP contribution >= 0.6 is 23.2 Å². The first-order valence-electron chi connectivity index (χ1n) is 3.12. The predicted octanol–water partition coefficient (Wildman–Crippen LogP) is 2.99. The number of aliphatic hydroxyl groups excluding tert-OH is 1. The minimum atomic E-state index is -6.04. The molecular formula is C5H3Cl2F7O. The van der Waals surface area contributed by atoms with Crippen molar-refractivity contribution in [3.63, 3.8) is 0 Å². The fraction of sp³-hybridized carbons (Fsp3) is 1.00. The van der Waals surface area contributed by atoms with Gasteiger partial charge in [-0.1, -0.05) is 11.6 Å². The molecule has 0 bridgehead atoms. The van der Waals surface area contributed by atoms with E-state index in [1.54, 1.807) is 0 Å². The molecule has 1 nitrogen and oxygen atoms in total. The second-order valence-corrected chi connectivity index (χ2v) is 3.50. The lowest BCUT2D eigenvalue weighted by atomic mass is 10.1. The molecule has 10 heteroatoms. The Bertz CT molecular complexity index is 236. The van der Waals surface area contributed by atoms with E-state index in [4.69, 9.17) is 5.11 Å². The van der Waals surface area contributed by atoms with Gasteiger partial charge in [-0.15, -0.1) is 0 Å². The van der Waals surface area contributed by atoms with Gasteiger partial charge in [-0.05, 0) is 11.6 Å². The van der Waals surface area contributed by atoms with Gasteiger partial charge in [0.2, 0.25) is 0 Å². The van der Waals surface area contributed by atoms with E-state index in [1.165, 1.54) is 0 Å². The summed E-state index contributed by atoms with van der Waals surface area (Å²) in [6.07, 6.45) is 0. The van der Waals surface area contributed by atoms with E-state index >= 15 is 0 Å². The van der Waals surface area contributed by atoms with Gasteiger partial charge in [0.15, 0.2) is 0 Å². The van der Waals surface area contributed by atoms with Crippen LogP contribution in [0.2, 0.25) is 0 Å². The van der Waals surface area contributed by atoms with Gasteiger partial charge < -0.3 is 5.11 Å². The predicted molar refractivity (Wildman–Crippen MR) is 37.5 cm³/mol. The molecule has 0 amide bonds. The average molecular weight is 283 g/mol. The third-order valence-electron chi connectivity index (χ3n) is 1.41. The van der Waals surface area contributed by atoms with Gasteiger partial charge in [0.25, 0.3) is 0 Å². The smallest absolute Gasteiger partial charge is 0.375 e. The molecule has 92 valence electrons. The standard InChI is InChI=1S/C5H3Cl2F7O/c6-3(10,5(7,13)14)4(11,12)2(8,9)1-15/h15H,1H2. The topological polar surface area (TPSA) is 20.2 Å². The first kappa shape index (κ1) is 15.0. The summed E-state index contributed by atoms with van der Waals surface area (Å²) in [4.78, 5) is 0. The molecule has 1 unspecified atom stereocenters. The van der Waals surface area contributed by atoms with Crippen molar-refractivity contribution in [2.24, 2.45) is 0 Å². The second-order valence-electron chi connectivity index (χ2n) is 2.51. The summed E-state index contributed by atoms with van der Waals surface area (Å²) < 4.78 is 86.1. The van der Waals surface area contributed by atoms with E-state index in [9.17, 15) is 30.7 Å². The van der Waals surface area contributed by atoms with E-state index in [0.29, 0.717) is 0 Å². The van der Waals surface area contributed by atoms with Crippen molar-refractivity contribution >= 4 is 23.2 Å². The van der Waals surface area contributed by atoms with Crippen molar-refractivity contribution in [1.29, 1.82) is 0 Å². The van der Waals surface area contributed by atoms with Gasteiger partial charge >= 0.3 is 22.4 Å². The minimum Gasteiger partial charge on any atom is -0.390 e. The fourth-order valence-corrected chi connectivity index (χ4v) is 0.764. The first-order valence-corrected chi connectivity index (χ1v) is 3.88. The van der Waals surface area contributed by atoms with Crippen LogP contribution in [-0.2, 0) is 0 Å². The molecule has 1 atom stereocenters.